The SMILES string of the molecule is Cc1cccc(NC(=O)Nc2ncc(CNc3ncnc4ccsc34)s2)c1. The third kappa shape index (κ3) is 4.21. The van der Waals surface area contributed by atoms with Gasteiger partial charge in [0.2, 0.25) is 0 Å². The first-order valence-corrected chi connectivity index (χ1v) is 9.88. The van der Waals surface area contributed by atoms with Crippen molar-refractivity contribution < 1.29 is 4.79 Å². The van der Waals surface area contributed by atoms with Crippen LogP contribution >= 0.6 is 22.7 Å². The number of aryl methyl sites for hydroxylation is 1. The number of urea groups is 1. The van der Waals surface area contributed by atoms with E-state index in [1.54, 1.807) is 23.9 Å². The number of fused-ring (bicyclic) bond motifs is 1. The number of thiazole rings is 1. The number of carbonyl (C=O) groups excluding carboxylic acids is 1. The Morgan fingerprint density at radius 3 is 2.96 bits per heavy atom. The van der Waals surface area contributed by atoms with Crippen LogP contribution in [0.4, 0.5) is 21.4 Å². The molecule has 27 heavy (non-hydrogen) atoms. The van der Waals surface area contributed by atoms with Crippen LogP contribution in [-0.4, -0.2) is 21.0 Å². The number of hydrogen-bond acceptors (Lipinski definition) is 7. The molecule has 3 heterocycles. The first-order chi connectivity index (χ1) is 13.2. The Labute approximate surface area is 163 Å². The standard InChI is InChI=1S/C18H16N6OS2/c1-11-3-2-4-12(7-11)23-17(25)24-18-20-9-13(27-18)8-19-16-15-14(5-6-26-15)21-10-22-16/h2-7,9-10H,8H2,1H3,(H,19,21,22)(H2,20,23,24,25). The molecule has 3 aromatic heterocycles. The molecule has 7 nitrogen and oxygen atoms in total. The van der Waals surface area contributed by atoms with Crippen molar-refractivity contribution in [3.05, 3.63) is 58.7 Å². The number of nitrogens with zero attached hydrogens (tertiary/aromatic N) is 3. The number of rotatable bonds is 5. The van der Waals surface area contributed by atoms with E-state index in [4.69, 9.17) is 0 Å². The molecule has 9 heteroatoms. The van der Waals surface area contributed by atoms with E-state index in [9.17, 15) is 4.79 Å². The maximum atomic E-state index is 12.1. The Morgan fingerprint density at radius 1 is 1.15 bits per heavy atom. The molecule has 136 valence electrons. The molecular formula is C18H16N6OS2. The molecule has 0 unspecified atom stereocenters. The zero-order valence-electron chi connectivity index (χ0n) is 14.4. The van der Waals surface area contributed by atoms with Crippen molar-refractivity contribution >= 4 is 55.6 Å². The van der Waals surface area contributed by atoms with Crippen molar-refractivity contribution in [2.75, 3.05) is 16.0 Å². The molecule has 1 aromatic carbocycles. The normalized spacial score (nSPS) is 10.7. The molecule has 0 fully saturated rings. The summed E-state index contributed by atoms with van der Waals surface area (Å²) in [5, 5.41) is 11.4. The Hall–Kier alpha value is -3.04. The highest BCUT2D eigenvalue weighted by Gasteiger charge is 2.09. The van der Waals surface area contributed by atoms with Gasteiger partial charge in [-0.2, -0.15) is 0 Å². The predicted molar refractivity (Wildman–Crippen MR) is 111 cm³/mol. The Morgan fingerprint density at radius 2 is 2.07 bits per heavy atom. The van der Waals surface area contributed by atoms with Crippen LogP contribution in [0.2, 0.25) is 0 Å². The minimum absolute atomic E-state index is 0.314. The second kappa shape index (κ2) is 7.68. The molecule has 4 aromatic rings. The van der Waals surface area contributed by atoms with Gasteiger partial charge in [-0.25, -0.2) is 19.7 Å². The molecule has 0 saturated heterocycles. The van der Waals surface area contributed by atoms with Crippen LogP contribution in [-0.2, 0) is 6.54 Å². The maximum Gasteiger partial charge on any atom is 0.325 e. The summed E-state index contributed by atoms with van der Waals surface area (Å²) in [6.45, 7) is 2.55. The zero-order chi connectivity index (χ0) is 18.6. The van der Waals surface area contributed by atoms with E-state index in [1.807, 2.05) is 42.6 Å². The summed E-state index contributed by atoms with van der Waals surface area (Å²) in [5.41, 5.74) is 2.76. The van der Waals surface area contributed by atoms with Gasteiger partial charge in [0.15, 0.2) is 5.13 Å². The zero-order valence-corrected chi connectivity index (χ0v) is 16.0. The Kier molecular flexibility index (Phi) is 4.95. The van der Waals surface area contributed by atoms with Gasteiger partial charge in [-0.1, -0.05) is 23.5 Å². The van der Waals surface area contributed by atoms with Crippen LogP contribution in [0, 0.1) is 6.92 Å². The van der Waals surface area contributed by atoms with Gasteiger partial charge >= 0.3 is 6.03 Å². The van der Waals surface area contributed by atoms with Crippen LogP contribution in [0.3, 0.4) is 0 Å². The van der Waals surface area contributed by atoms with Crippen molar-refractivity contribution in [3.63, 3.8) is 0 Å². The van der Waals surface area contributed by atoms with E-state index in [-0.39, 0.29) is 6.03 Å². The van der Waals surface area contributed by atoms with E-state index in [0.29, 0.717) is 11.7 Å². The molecular weight excluding hydrogens is 380 g/mol. The van der Waals surface area contributed by atoms with Gasteiger partial charge in [-0.3, -0.25) is 5.32 Å². The average Bonchev–Trinajstić information content (AvgIpc) is 3.29. The van der Waals surface area contributed by atoms with Crippen molar-refractivity contribution in [1.82, 2.24) is 15.0 Å². The monoisotopic (exact) mass is 396 g/mol. The van der Waals surface area contributed by atoms with Gasteiger partial charge in [-0.05, 0) is 36.1 Å². The van der Waals surface area contributed by atoms with Gasteiger partial charge in [0.25, 0.3) is 0 Å². The largest absolute Gasteiger partial charge is 0.364 e. The molecule has 0 spiro atoms. The lowest BCUT2D eigenvalue weighted by Crippen LogP contribution is -2.19. The molecule has 2 amide bonds. The lowest BCUT2D eigenvalue weighted by molar-refractivity contribution is 0.262. The minimum Gasteiger partial charge on any atom is -0.364 e. The van der Waals surface area contributed by atoms with E-state index < -0.39 is 0 Å². The smallest absolute Gasteiger partial charge is 0.325 e. The number of nitrogens with one attached hydrogen (secondary N) is 3. The minimum atomic E-state index is -0.314. The molecule has 4 rings (SSSR count). The summed E-state index contributed by atoms with van der Waals surface area (Å²) in [7, 11) is 0. The highest BCUT2D eigenvalue weighted by atomic mass is 32.1. The lowest BCUT2D eigenvalue weighted by Gasteiger charge is -2.06. The molecule has 0 bridgehead atoms. The van der Waals surface area contributed by atoms with Crippen molar-refractivity contribution in [3.8, 4) is 0 Å². The van der Waals surface area contributed by atoms with E-state index >= 15 is 0 Å². The van der Waals surface area contributed by atoms with Gasteiger partial charge < -0.3 is 10.6 Å². The second-order valence-electron chi connectivity index (χ2n) is 5.79. The van der Waals surface area contributed by atoms with Crippen LogP contribution in [0.15, 0.2) is 48.2 Å². The van der Waals surface area contributed by atoms with Crippen LogP contribution in [0.5, 0.6) is 0 Å². The third-order valence-corrected chi connectivity index (χ3v) is 5.55. The number of aromatic nitrogens is 3. The van der Waals surface area contributed by atoms with Crippen molar-refractivity contribution in [1.29, 1.82) is 0 Å². The second-order valence-corrected chi connectivity index (χ2v) is 7.82. The molecule has 0 aliphatic heterocycles. The molecule has 0 aliphatic carbocycles. The predicted octanol–water partition coefficient (Wildman–Crippen LogP) is 4.71. The van der Waals surface area contributed by atoms with Crippen LogP contribution < -0.4 is 16.0 Å². The summed E-state index contributed by atoms with van der Waals surface area (Å²) in [6.07, 6.45) is 3.29. The summed E-state index contributed by atoms with van der Waals surface area (Å²) < 4.78 is 1.03. The van der Waals surface area contributed by atoms with Gasteiger partial charge in [0.1, 0.15) is 12.1 Å². The van der Waals surface area contributed by atoms with Crippen LogP contribution in [0.1, 0.15) is 10.4 Å². The first-order valence-electron chi connectivity index (χ1n) is 8.19. The molecule has 0 atom stereocenters. The summed E-state index contributed by atoms with van der Waals surface area (Å²) in [6, 6.07) is 9.28. The summed E-state index contributed by atoms with van der Waals surface area (Å²) >= 11 is 3.02. The van der Waals surface area contributed by atoms with E-state index in [1.165, 1.54) is 11.3 Å². The highest BCUT2D eigenvalue weighted by Crippen LogP contribution is 2.26. The van der Waals surface area contributed by atoms with E-state index in [0.717, 1.165) is 32.2 Å². The number of benzene rings is 1. The third-order valence-electron chi connectivity index (χ3n) is 3.72. The first kappa shape index (κ1) is 17.4. The lowest BCUT2D eigenvalue weighted by atomic mass is 10.2. The number of anilines is 3. The van der Waals surface area contributed by atoms with Crippen molar-refractivity contribution in [2.24, 2.45) is 0 Å². The number of hydrogen-bond donors (Lipinski definition) is 3. The van der Waals surface area contributed by atoms with Gasteiger partial charge in [0, 0.05) is 16.8 Å². The average molecular weight is 397 g/mol. The fourth-order valence-electron chi connectivity index (χ4n) is 2.51. The van der Waals surface area contributed by atoms with E-state index in [2.05, 4.69) is 30.9 Å². The molecule has 0 saturated carbocycles. The number of amides is 2. The molecule has 0 radical (unpaired) electrons. The Balaban J connectivity index is 1.36. The fourth-order valence-corrected chi connectivity index (χ4v) is 4.07. The molecule has 0 aliphatic rings. The van der Waals surface area contributed by atoms with Crippen LogP contribution in [0.25, 0.3) is 10.2 Å². The number of thiophene rings is 1. The van der Waals surface area contributed by atoms with Gasteiger partial charge in [-0.15, -0.1) is 11.3 Å². The summed E-state index contributed by atoms with van der Waals surface area (Å²) in [4.78, 5) is 25.9. The maximum absolute atomic E-state index is 12.1. The Bertz CT molecular complexity index is 1090. The summed E-state index contributed by atoms with van der Waals surface area (Å²) in [5.74, 6) is 0.801. The quantitative estimate of drug-likeness (QED) is 0.454. The molecule has 3 N–H and O–H groups in total. The number of carbonyl (C=O) groups is 1. The van der Waals surface area contributed by atoms with Crippen molar-refractivity contribution in [2.45, 2.75) is 13.5 Å². The highest BCUT2D eigenvalue weighted by molar-refractivity contribution is 7.17. The fraction of sp³-hybridized carbons (Fsp3) is 0.111. The topological polar surface area (TPSA) is 91.8 Å². The van der Waals surface area contributed by atoms with Gasteiger partial charge in [0.05, 0.1) is 16.8 Å².